The van der Waals surface area contributed by atoms with Gasteiger partial charge in [-0.25, -0.2) is 8.78 Å². The molecule has 0 spiro atoms. The predicted molar refractivity (Wildman–Crippen MR) is 147 cm³/mol. The van der Waals surface area contributed by atoms with E-state index in [4.69, 9.17) is 9.47 Å². The lowest BCUT2D eigenvalue weighted by molar-refractivity contribution is -0.127. The number of methoxy groups -OCH3 is 1. The van der Waals surface area contributed by atoms with Crippen LogP contribution in [0.5, 0.6) is 11.5 Å². The van der Waals surface area contributed by atoms with Crippen molar-refractivity contribution in [2.75, 3.05) is 20.3 Å². The first-order valence-corrected chi connectivity index (χ1v) is 13.8. The number of carbonyl (C=O) groups excluding carboxylic acids is 2. The van der Waals surface area contributed by atoms with Crippen LogP contribution in [0, 0.1) is 11.6 Å². The molecule has 8 heteroatoms. The van der Waals surface area contributed by atoms with Crippen LogP contribution in [0.15, 0.2) is 66.7 Å². The molecule has 5 rings (SSSR count). The second-order valence-electron chi connectivity index (χ2n) is 10.7. The molecule has 210 valence electrons. The summed E-state index contributed by atoms with van der Waals surface area (Å²) in [6, 6.07) is 19.3. The molecule has 2 N–H and O–H groups in total. The highest BCUT2D eigenvalue weighted by molar-refractivity contribution is 5.91. The molecule has 0 aromatic heterocycles. The molecule has 1 saturated carbocycles. The number of rotatable bonds is 12. The molecule has 3 aromatic rings. The Balaban J connectivity index is 1.18. The Bertz CT molecular complexity index is 1340. The van der Waals surface area contributed by atoms with E-state index >= 15 is 0 Å². The molecule has 2 aliphatic rings. The first-order chi connectivity index (χ1) is 19.4. The van der Waals surface area contributed by atoms with Crippen molar-refractivity contribution in [3.05, 3.63) is 95.1 Å². The normalized spacial score (nSPS) is 19.1. The summed E-state index contributed by atoms with van der Waals surface area (Å²) in [6.45, 7) is 0.639. The fourth-order valence-electron chi connectivity index (χ4n) is 5.52. The van der Waals surface area contributed by atoms with E-state index in [2.05, 4.69) is 22.8 Å². The van der Waals surface area contributed by atoms with Gasteiger partial charge in [-0.2, -0.15) is 0 Å². The first-order valence-electron chi connectivity index (χ1n) is 13.8. The summed E-state index contributed by atoms with van der Waals surface area (Å²) in [5, 5.41) is 5.38. The molecular formula is C32H34F2N2O4. The monoisotopic (exact) mass is 548 g/mol. The molecule has 3 aromatic carbocycles. The summed E-state index contributed by atoms with van der Waals surface area (Å²) >= 11 is 0. The van der Waals surface area contributed by atoms with Crippen LogP contribution in [0.1, 0.15) is 54.7 Å². The molecule has 2 amide bonds. The summed E-state index contributed by atoms with van der Waals surface area (Å²) in [4.78, 5) is 25.7. The van der Waals surface area contributed by atoms with Crippen LogP contribution < -0.4 is 20.1 Å². The number of nitrogens with one attached hydrogen (secondary N) is 2. The highest BCUT2D eigenvalue weighted by atomic mass is 19.1. The van der Waals surface area contributed by atoms with Gasteiger partial charge in [-0.15, -0.1) is 0 Å². The van der Waals surface area contributed by atoms with Crippen molar-refractivity contribution in [3.63, 3.8) is 0 Å². The molecule has 0 radical (unpaired) electrons. The van der Waals surface area contributed by atoms with Crippen LogP contribution in [0.3, 0.4) is 0 Å². The minimum Gasteiger partial charge on any atom is -0.497 e. The molecule has 1 aliphatic heterocycles. The van der Waals surface area contributed by atoms with E-state index in [1.807, 2.05) is 42.5 Å². The highest BCUT2D eigenvalue weighted by Gasteiger charge is 2.47. The van der Waals surface area contributed by atoms with Crippen LogP contribution in [0.4, 0.5) is 8.78 Å². The third kappa shape index (κ3) is 6.27. The van der Waals surface area contributed by atoms with Gasteiger partial charge in [-0.3, -0.25) is 9.59 Å². The maximum atomic E-state index is 14.8. The number of halogens is 2. The van der Waals surface area contributed by atoms with E-state index in [1.165, 1.54) is 12.7 Å². The molecule has 1 heterocycles. The van der Waals surface area contributed by atoms with E-state index in [9.17, 15) is 18.4 Å². The molecule has 2 fully saturated rings. The standard InChI is InChI=1S/C32H34F2N2O4/c1-39-24-17-26(33)29(27(34)18-24)25-20-35-31(38)30(25)36-28(37)19-32(13-14-32)22-11-7-12-23(16-22)40-15-6-5-10-21-8-3-2-4-9-21/h2-4,7-9,11-12,16-18,25,30H,5-6,10,13-15,19-20H2,1H3,(H,35,38)(H,36,37)/t25-,30-/m0/s1. The molecule has 40 heavy (non-hydrogen) atoms. The maximum absolute atomic E-state index is 14.8. The minimum atomic E-state index is -1.06. The van der Waals surface area contributed by atoms with E-state index in [-0.39, 0.29) is 35.6 Å². The van der Waals surface area contributed by atoms with Crippen LogP contribution >= 0.6 is 0 Å². The maximum Gasteiger partial charge on any atom is 0.243 e. The lowest BCUT2D eigenvalue weighted by Gasteiger charge is -2.22. The van der Waals surface area contributed by atoms with Crippen LogP contribution in [-0.4, -0.2) is 38.1 Å². The van der Waals surface area contributed by atoms with Gasteiger partial charge >= 0.3 is 0 Å². The Labute approximate surface area is 233 Å². The van der Waals surface area contributed by atoms with E-state index in [1.54, 1.807) is 0 Å². The quantitative estimate of drug-likeness (QED) is 0.305. The predicted octanol–water partition coefficient (Wildman–Crippen LogP) is 5.20. The number of carbonyl (C=O) groups is 2. The lowest BCUT2D eigenvalue weighted by Crippen LogP contribution is -2.44. The van der Waals surface area contributed by atoms with Gasteiger partial charge in [-0.05, 0) is 55.4 Å². The van der Waals surface area contributed by atoms with Crippen molar-refractivity contribution in [1.29, 1.82) is 0 Å². The molecule has 1 saturated heterocycles. The molecule has 0 bridgehead atoms. The smallest absolute Gasteiger partial charge is 0.243 e. The number of aryl methyl sites for hydroxylation is 1. The summed E-state index contributed by atoms with van der Waals surface area (Å²) in [5.41, 5.74) is 1.76. The Morgan fingerprint density at radius 3 is 2.45 bits per heavy atom. The van der Waals surface area contributed by atoms with Crippen molar-refractivity contribution >= 4 is 11.8 Å². The fraction of sp³-hybridized carbons (Fsp3) is 0.375. The van der Waals surface area contributed by atoms with Crippen molar-refractivity contribution in [3.8, 4) is 11.5 Å². The number of unbranched alkanes of at least 4 members (excludes halogenated alkanes) is 1. The molecule has 2 atom stereocenters. The highest BCUT2D eigenvalue weighted by Crippen LogP contribution is 2.51. The lowest BCUT2D eigenvalue weighted by atomic mass is 9.90. The minimum absolute atomic E-state index is 0.0276. The molecular weight excluding hydrogens is 514 g/mol. The van der Waals surface area contributed by atoms with Crippen LogP contribution in [0.2, 0.25) is 0 Å². The summed E-state index contributed by atoms with van der Waals surface area (Å²) < 4.78 is 40.4. The van der Waals surface area contributed by atoms with Crippen LogP contribution in [-0.2, 0) is 21.4 Å². The van der Waals surface area contributed by atoms with E-state index in [0.717, 1.165) is 55.5 Å². The third-order valence-corrected chi connectivity index (χ3v) is 7.93. The first kappa shape index (κ1) is 27.6. The fourth-order valence-corrected chi connectivity index (χ4v) is 5.52. The summed E-state index contributed by atoms with van der Waals surface area (Å²) in [7, 11) is 1.32. The second-order valence-corrected chi connectivity index (χ2v) is 10.7. The molecule has 1 aliphatic carbocycles. The number of ether oxygens (including phenoxy) is 2. The molecule has 0 unspecified atom stereocenters. The van der Waals surface area contributed by atoms with Crippen molar-refractivity contribution in [2.45, 2.75) is 55.9 Å². The molecule has 6 nitrogen and oxygen atoms in total. The topological polar surface area (TPSA) is 76.7 Å². The second kappa shape index (κ2) is 12.1. The Morgan fingerprint density at radius 1 is 1.00 bits per heavy atom. The number of hydrogen-bond acceptors (Lipinski definition) is 4. The van der Waals surface area contributed by atoms with Gasteiger partial charge in [0.2, 0.25) is 11.8 Å². The number of hydrogen-bond donors (Lipinski definition) is 2. The van der Waals surface area contributed by atoms with Crippen molar-refractivity contribution in [2.24, 2.45) is 0 Å². The Hall–Kier alpha value is -3.94. The SMILES string of the molecule is COc1cc(F)c([C@@H]2CNC(=O)[C@H]2NC(=O)CC2(c3cccc(OCCCCc4ccccc4)c3)CC2)c(F)c1. The van der Waals surface area contributed by atoms with Gasteiger partial charge in [0, 0.05) is 42.0 Å². The zero-order valence-corrected chi connectivity index (χ0v) is 22.6. The Kier molecular flexibility index (Phi) is 8.33. The summed E-state index contributed by atoms with van der Waals surface area (Å²) in [5.74, 6) is -2.46. The summed E-state index contributed by atoms with van der Waals surface area (Å²) in [6.07, 6.45) is 4.84. The van der Waals surface area contributed by atoms with Gasteiger partial charge in [0.15, 0.2) is 0 Å². The Morgan fingerprint density at radius 2 is 1.75 bits per heavy atom. The van der Waals surface area contributed by atoms with Crippen molar-refractivity contribution < 1.29 is 27.8 Å². The average molecular weight is 549 g/mol. The zero-order chi connectivity index (χ0) is 28.1. The number of amides is 2. The van der Waals surface area contributed by atoms with E-state index in [0.29, 0.717) is 6.61 Å². The zero-order valence-electron chi connectivity index (χ0n) is 22.6. The number of benzene rings is 3. The van der Waals surface area contributed by atoms with Gasteiger partial charge in [0.25, 0.3) is 0 Å². The third-order valence-electron chi connectivity index (χ3n) is 7.93. The van der Waals surface area contributed by atoms with Gasteiger partial charge in [-0.1, -0.05) is 42.5 Å². The van der Waals surface area contributed by atoms with Crippen LogP contribution in [0.25, 0.3) is 0 Å². The van der Waals surface area contributed by atoms with Gasteiger partial charge < -0.3 is 20.1 Å². The average Bonchev–Trinajstić information content (AvgIpc) is 3.65. The van der Waals surface area contributed by atoms with Gasteiger partial charge in [0.1, 0.15) is 29.2 Å². The largest absolute Gasteiger partial charge is 0.497 e. The van der Waals surface area contributed by atoms with Crippen molar-refractivity contribution in [1.82, 2.24) is 10.6 Å². The van der Waals surface area contributed by atoms with E-state index < -0.39 is 29.5 Å². The van der Waals surface area contributed by atoms with Gasteiger partial charge in [0.05, 0.1) is 13.7 Å².